The van der Waals surface area contributed by atoms with Crippen molar-refractivity contribution < 1.29 is 55.8 Å². The first-order valence-electron chi connectivity index (χ1n) is 17.6. The van der Waals surface area contributed by atoms with E-state index < -0.39 is 68.7 Å². The highest BCUT2D eigenvalue weighted by Crippen LogP contribution is 2.49. The van der Waals surface area contributed by atoms with Crippen LogP contribution in [0.15, 0.2) is 48.5 Å². The number of alkyl halides is 3. The van der Waals surface area contributed by atoms with Crippen molar-refractivity contribution in [1.82, 2.24) is 15.0 Å². The highest BCUT2D eigenvalue weighted by atomic mass is 32.2. The van der Waals surface area contributed by atoms with Crippen molar-refractivity contribution in [1.29, 1.82) is 0 Å². The Morgan fingerprint density at radius 1 is 1.02 bits per heavy atom. The number of carbonyl (C=O) groups excluding carboxylic acids is 2. The average molecular weight is 795 g/mol. The van der Waals surface area contributed by atoms with E-state index in [-0.39, 0.29) is 65.4 Å². The van der Waals surface area contributed by atoms with Crippen LogP contribution >= 0.6 is 0 Å². The molecule has 0 radical (unpaired) electrons. The summed E-state index contributed by atoms with van der Waals surface area (Å²) in [6.45, 7) is 9.47. The number of nitrogens with zero attached hydrogens (tertiary/aromatic N) is 2. The lowest BCUT2D eigenvalue weighted by Gasteiger charge is -2.33. The van der Waals surface area contributed by atoms with Crippen molar-refractivity contribution in [3.05, 3.63) is 71.2 Å². The number of pyridine rings is 1. The highest BCUT2D eigenvalue weighted by Gasteiger charge is 2.58. The molecule has 2 heterocycles. The monoisotopic (exact) mass is 794 g/mol. The van der Waals surface area contributed by atoms with Gasteiger partial charge in [-0.25, -0.2) is 23.1 Å². The number of aliphatic hydroxyl groups excluding tert-OH is 1. The summed E-state index contributed by atoms with van der Waals surface area (Å²) in [5.74, 6) is -1.25. The molecule has 55 heavy (non-hydrogen) atoms. The number of aromatic nitrogens is 1. The number of fused-ring (bicyclic) bond motifs is 1. The fraction of sp³-hybridized carbons (Fsp3) is 0.500. The van der Waals surface area contributed by atoms with Crippen LogP contribution in [0.5, 0.6) is 11.5 Å². The summed E-state index contributed by atoms with van der Waals surface area (Å²) in [5, 5.41) is 23.0. The third-order valence-corrected chi connectivity index (χ3v) is 10.5. The average Bonchev–Trinajstić information content (AvgIpc) is 3.85. The minimum Gasteiger partial charge on any atom is -0.487 e. The smallest absolute Gasteiger partial charge is 0.424 e. The molecule has 1 saturated carbocycles. The van der Waals surface area contributed by atoms with Crippen molar-refractivity contribution in [2.24, 2.45) is 0 Å². The summed E-state index contributed by atoms with van der Waals surface area (Å²) in [5.41, 5.74) is -7.52. The fourth-order valence-corrected chi connectivity index (χ4v) is 6.57. The van der Waals surface area contributed by atoms with Crippen LogP contribution in [0.2, 0.25) is 0 Å². The number of hydrogen-bond acceptors (Lipinski definition) is 9. The molecule has 5 rings (SSSR count). The lowest BCUT2D eigenvalue weighted by atomic mass is 9.89. The zero-order valence-corrected chi connectivity index (χ0v) is 32.4. The zero-order valence-electron chi connectivity index (χ0n) is 31.6. The van der Waals surface area contributed by atoms with Gasteiger partial charge in [-0.2, -0.15) is 13.2 Å². The van der Waals surface area contributed by atoms with Gasteiger partial charge in [0.2, 0.25) is 5.60 Å². The largest absolute Gasteiger partial charge is 0.487 e. The Morgan fingerprint density at radius 2 is 1.67 bits per heavy atom. The van der Waals surface area contributed by atoms with Gasteiger partial charge in [-0.05, 0) is 110 Å². The molecule has 1 unspecified atom stereocenters. The Balaban J connectivity index is 1.63. The molecule has 1 fully saturated rings. The Morgan fingerprint density at radius 3 is 2.24 bits per heavy atom. The molecule has 2 aliphatic rings. The van der Waals surface area contributed by atoms with Crippen molar-refractivity contribution >= 4 is 28.7 Å². The van der Waals surface area contributed by atoms with Gasteiger partial charge in [-0.3, -0.25) is 9.69 Å². The molecule has 2 amide bonds. The second kappa shape index (κ2) is 15.3. The number of ether oxygens (including phenoxy) is 3. The predicted molar refractivity (Wildman–Crippen MR) is 197 cm³/mol. The van der Waals surface area contributed by atoms with E-state index >= 15 is 13.2 Å². The molecular formula is C38H46F4N4O8S. The van der Waals surface area contributed by atoms with Crippen LogP contribution in [0.25, 0.3) is 11.3 Å². The van der Waals surface area contributed by atoms with Crippen molar-refractivity contribution in [3.63, 3.8) is 0 Å². The van der Waals surface area contributed by atoms with E-state index in [1.54, 1.807) is 48.5 Å². The van der Waals surface area contributed by atoms with E-state index in [2.05, 4.69) is 15.0 Å². The fourth-order valence-electron chi connectivity index (χ4n) is 5.68. The van der Waals surface area contributed by atoms with Crippen LogP contribution < -0.4 is 24.4 Å². The minimum atomic E-state index is -5.44. The minimum absolute atomic E-state index is 0.00854. The lowest BCUT2D eigenvalue weighted by Crippen LogP contribution is -2.52. The first-order valence-corrected chi connectivity index (χ1v) is 18.7. The van der Waals surface area contributed by atoms with E-state index in [4.69, 9.17) is 14.2 Å². The van der Waals surface area contributed by atoms with Gasteiger partial charge in [0.15, 0.2) is 11.5 Å². The Kier molecular flexibility index (Phi) is 11.6. The van der Waals surface area contributed by atoms with Gasteiger partial charge in [0, 0.05) is 16.7 Å². The number of aliphatic hydroxyl groups is 2. The van der Waals surface area contributed by atoms with Crippen LogP contribution in [0.4, 0.5) is 28.0 Å². The lowest BCUT2D eigenvalue weighted by molar-refractivity contribution is -0.265. The standard InChI is InChI=1S/C38H46F4N4O8S/c1-34(2,3)54-33(49)46-21-36(7,45-55(51)35(4,5)6)26-19-29(44-30(31(26)46)22-8-11-24(39)12-9-22)37(50,38(40,41)42)20-43-32(48)23-10-15-27(52-17-16-47)28(18-23)53-25-13-14-25/h8-12,15,18-19,25,45,47,50H,13-14,16-17,20-21H2,1-7H3,(H,43,48)/t36-,37-,55?/m1/s1. The number of nitrogens with one attached hydrogen (secondary N) is 2. The molecule has 12 nitrogen and oxygen atoms in total. The maximum Gasteiger partial charge on any atom is 0.424 e. The molecule has 1 aliphatic heterocycles. The number of carbonyl (C=O) groups is 2. The number of halogens is 4. The van der Waals surface area contributed by atoms with Gasteiger partial charge >= 0.3 is 12.3 Å². The van der Waals surface area contributed by atoms with Gasteiger partial charge in [0.1, 0.15) is 18.0 Å². The summed E-state index contributed by atoms with van der Waals surface area (Å²) < 4.78 is 92.5. The molecule has 0 bridgehead atoms. The van der Waals surface area contributed by atoms with Gasteiger partial charge in [0.25, 0.3) is 5.91 Å². The number of amides is 2. The topological polar surface area (TPSA) is 160 Å². The maximum absolute atomic E-state index is 15.2. The number of rotatable bonds is 12. The van der Waals surface area contributed by atoms with E-state index in [1.165, 1.54) is 30.3 Å². The molecule has 1 aliphatic carbocycles. The van der Waals surface area contributed by atoms with Gasteiger partial charge < -0.3 is 29.7 Å². The highest BCUT2D eigenvalue weighted by molar-refractivity contribution is 7.84. The number of anilines is 1. The first kappa shape index (κ1) is 41.8. The van der Waals surface area contributed by atoms with Crippen molar-refractivity contribution in [2.45, 2.75) is 95.1 Å². The second-order valence-corrected chi connectivity index (χ2v) is 17.7. The molecular weight excluding hydrogens is 748 g/mol. The van der Waals surface area contributed by atoms with Gasteiger partial charge in [0.05, 0.1) is 64.1 Å². The second-order valence-electron chi connectivity index (χ2n) is 15.7. The summed E-state index contributed by atoms with van der Waals surface area (Å²) in [7, 11) is -1.83. The first-order chi connectivity index (χ1) is 25.5. The van der Waals surface area contributed by atoms with E-state index in [0.29, 0.717) is 0 Å². The number of benzene rings is 2. The van der Waals surface area contributed by atoms with Crippen LogP contribution in [-0.4, -0.2) is 80.3 Å². The molecule has 0 spiro atoms. The van der Waals surface area contributed by atoms with E-state index in [9.17, 15) is 28.4 Å². The van der Waals surface area contributed by atoms with Crippen LogP contribution in [0.3, 0.4) is 0 Å². The zero-order chi connectivity index (χ0) is 40.7. The third kappa shape index (κ3) is 9.39. The van der Waals surface area contributed by atoms with Crippen LogP contribution in [0.1, 0.15) is 82.9 Å². The molecule has 1 aromatic heterocycles. The van der Waals surface area contributed by atoms with Crippen molar-refractivity contribution in [2.75, 3.05) is 31.2 Å². The van der Waals surface area contributed by atoms with Crippen LogP contribution in [0, 0.1) is 5.82 Å². The third-order valence-electron chi connectivity index (χ3n) is 8.71. The summed E-state index contributed by atoms with van der Waals surface area (Å²) in [4.78, 5) is 32.6. The molecule has 300 valence electrons. The summed E-state index contributed by atoms with van der Waals surface area (Å²) in [6.07, 6.45) is -4.92. The maximum atomic E-state index is 15.2. The SMILES string of the molecule is CC(C)(C)OC(=O)N1C[C@@](C)(NS(=O)C(C)(C)C)c2cc([C@](O)(CNC(=O)c3ccc(OCCO)c(OC4CC4)c3)C(F)(F)F)nc(-c3ccc(F)cc3)c21. The van der Waals surface area contributed by atoms with Gasteiger partial charge in [-0.15, -0.1) is 0 Å². The Hall–Kier alpha value is -4.32. The summed E-state index contributed by atoms with van der Waals surface area (Å²) in [6, 6.07) is 9.59. The molecule has 3 atom stereocenters. The van der Waals surface area contributed by atoms with E-state index in [1.807, 2.05) is 0 Å². The molecule has 0 saturated heterocycles. The number of hydrogen-bond donors (Lipinski definition) is 4. The summed E-state index contributed by atoms with van der Waals surface area (Å²) >= 11 is 0. The molecule has 17 heteroatoms. The quantitative estimate of drug-likeness (QED) is 0.161. The molecule has 4 N–H and O–H groups in total. The van der Waals surface area contributed by atoms with Gasteiger partial charge in [-0.1, -0.05) is 0 Å². The predicted octanol–water partition coefficient (Wildman–Crippen LogP) is 6.00. The van der Waals surface area contributed by atoms with Crippen molar-refractivity contribution in [3.8, 4) is 22.8 Å². The Bertz CT molecular complexity index is 1950. The van der Waals surface area contributed by atoms with Crippen LogP contribution in [-0.2, 0) is 26.9 Å². The molecule has 2 aromatic carbocycles. The normalized spacial score (nSPS) is 19.0. The van der Waals surface area contributed by atoms with E-state index in [0.717, 1.165) is 35.9 Å². The molecule has 3 aromatic rings. The Labute approximate surface area is 319 Å².